The van der Waals surface area contributed by atoms with Crippen molar-refractivity contribution in [2.45, 2.75) is 12.8 Å². The first kappa shape index (κ1) is 11.8. The third-order valence-corrected chi connectivity index (χ3v) is 2.14. The SMILES string of the molecule is C=CCCCOc1ccc(Cl)cc1C=O. The second-order valence-corrected chi connectivity index (χ2v) is 3.52. The van der Waals surface area contributed by atoms with E-state index < -0.39 is 0 Å². The topological polar surface area (TPSA) is 26.3 Å². The zero-order valence-electron chi connectivity index (χ0n) is 8.41. The summed E-state index contributed by atoms with van der Waals surface area (Å²) in [6.07, 6.45) is 4.38. The Hall–Kier alpha value is -1.28. The minimum atomic E-state index is 0.487. The van der Waals surface area contributed by atoms with Crippen LogP contribution in [0.3, 0.4) is 0 Å². The van der Waals surface area contributed by atoms with Gasteiger partial charge in [-0.1, -0.05) is 17.7 Å². The summed E-state index contributed by atoms with van der Waals surface area (Å²) in [6.45, 7) is 4.20. The van der Waals surface area contributed by atoms with Crippen molar-refractivity contribution in [1.29, 1.82) is 0 Å². The van der Waals surface area contributed by atoms with Crippen LogP contribution in [0.25, 0.3) is 0 Å². The third-order valence-electron chi connectivity index (χ3n) is 1.91. The lowest BCUT2D eigenvalue weighted by Gasteiger charge is -2.07. The molecule has 15 heavy (non-hydrogen) atoms. The monoisotopic (exact) mass is 224 g/mol. The number of allylic oxidation sites excluding steroid dienone is 1. The molecule has 0 saturated carbocycles. The van der Waals surface area contributed by atoms with Gasteiger partial charge in [-0.25, -0.2) is 0 Å². The first-order chi connectivity index (χ1) is 7.27. The molecule has 0 aliphatic rings. The normalized spacial score (nSPS) is 9.67. The number of unbranched alkanes of at least 4 members (excludes halogenated alkanes) is 1. The number of benzene rings is 1. The quantitative estimate of drug-likeness (QED) is 0.420. The van der Waals surface area contributed by atoms with Crippen LogP contribution in [0.2, 0.25) is 5.02 Å². The molecule has 1 aromatic rings. The molecule has 0 amide bonds. The van der Waals surface area contributed by atoms with E-state index in [1.807, 2.05) is 6.08 Å². The predicted octanol–water partition coefficient (Wildman–Crippen LogP) is 3.50. The van der Waals surface area contributed by atoms with Gasteiger partial charge in [0.25, 0.3) is 0 Å². The van der Waals surface area contributed by atoms with E-state index in [2.05, 4.69) is 6.58 Å². The van der Waals surface area contributed by atoms with E-state index in [1.165, 1.54) is 0 Å². The highest BCUT2D eigenvalue weighted by atomic mass is 35.5. The largest absolute Gasteiger partial charge is 0.493 e. The number of ether oxygens (including phenoxy) is 1. The van der Waals surface area contributed by atoms with Gasteiger partial charge < -0.3 is 4.74 Å². The van der Waals surface area contributed by atoms with Crippen LogP contribution in [0, 0.1) is 0 Å². The van der Waals surface area contributed by atoms with Gasteiger partial charge >= 0.3 is 0 Å². The van der Waals surface area contributed by atoms with Crippen LogP contribution in [0.4, 0.5) is 0 Å². The Labute approximate surface area is 94.5 Å². The average Bonchev–Trinajstić information content (AvgIpc) is 2.26. The molecule has 1 aromatic carbocycles. The van der Waals surface area contributed by atoms with Crippen molar-refractivity contribution in [2.24, 2.45) is 0 Å². The molecular weight excluding hydrogens is 212 g/mol. The minimum absolute atomic E-state index is 0.487. The van der Waals surface area contributed by atoms with Gasteiger partial charge in [0.1, 0.15) is 5.75 Å². The first-order valence-corrected chi connectivity index (χ1v) is 5.14. The lowest BCUT2D eigenvalue weighted by atomic mass is 10.2. The van der Waals surface area contributed by atoms with Crippen molar-refractivity contribution < 1.29 is 9.53 Å². The van der Waals surface area contributed by atoms with E-state index >= 15 is 0 Å². The van der Waals surface area contributed by atoms with E-state index in [9.17, 15) is 4.79 Å². The molecule has 80 valence electrons. The van der Waals surface area contributed by atoms with Gasteiger partial charge in [-0.3, -0.25) is 4.79 Å². The van der Waals surface area contributed by atoms with Gasteiger partial charge in [-0.2, -0.15) is 0 Å². The number of rotatable bonds is 6. The molecule has 0 spiro atoms. The van der Waals surface area contributed by atoms with Gasteiger partial charge in [0.05, 0.1) is 12.2 Å². The van der Waals surface area contributed by atoms with Crippen molar-refractivity contribution in [3.05, 3.63) is 41.4 Å². The van der Waals surface area contributed by atoms with Crippen LogP contribution in [0.1, 0.15) is 23.2 Å². The molecule has 0 N–H and O–H groups in total. The maximum atomic E-state index is 10.7. The summed E-state index contributed by atoms with van der Waals surface area (Å²) in [5.74, 6) is 0.582. The predicted molar refractivity (Wildman–Crippen MR) is 61.8 cm³/mol. The molecule has 0 saturated heterocycles. The fourth-order valence-corrected chi connectivity index (χ4v) is 1.33. The minimum Gasteiger partial charge on any atom is -0.493 e. The molecule has 2 nitrogen and oxygen atoms in total. The third kappa shape index (κ3) is 3.76. The zero-order chi connectivity index (χ0) is 11.1. The fourth-order valence-electron chi connectivity index (χ4n) is 1.15. The van der Waals surface area contributed by atoms with Gasteiger partial charge in [0.2, 0.25) is 0 Å². The maximum absolute atomic E-state index is 10.7. The number of carbonyl (C=O) groups is 1. The van der Waals surface area contributed by atoms with Crippen molar-refractivity contribution in [3.63, 3.8) is 0 Å². The first-order valence-electron chi connectivity index (χ1n) is 4.76. The van der Waals surface area contributed by atoms with Gasteiger partial charge in [-0.05, 0) is 31.0 Å². The van der Waals surface area contributed by atoms with Gasteiger partial charge in [-0.15, -0.1) is 6.58 Å². The van der Waals surface area contributed by atoms with Crippen LogP contribution in [0.5, 0.6) is 5.75 Å². The van der Waals surface area contributed by atoms with E-state index in [0.717, 1.165) is 19.1 Å². The Kier molecular flexibility index (Phi) is 4.91. The Morgan fingerprint density at radius 3 is 2.93 bits per heavy atom. The van der Waals surface area contributed by atoms with Crippen LogP contribution >= 0.6 is 11.6 Å². The molecule has 0 aliphatic heterocycles. The average molecular weight is 225 g/mol. The lowest BCUT2D eigenvalue weighted by Crippen LogP contribution is -1.99. The van der Waals surface area contributed by atoms with Gasteiger partial charge in [0.15, 0.2) is 6.29 Å². The zero-order valence-corrected chi connectivity index (χ0v) is 9.17. The summed E-state index contributed by atoms with van der Waals surface area (Å²) in [5.41, 5.74) is 0.487. The number of hydrogen-bond donors (Lipinski definition) is 0. The molecule has 0 aliphatic carbocycles. The Morgan fingerprint density at radius 1 is 1.47 bits per heavy atom. The molecule has 0 heterocycles. The Bertz CT molecular complexity index is 347. The van der Waals surface area contributed by atoms with Crippen molar-refractivity contribution in [1.82, 2.24) is 0 Å². The van der Waals surface area contributed by atoms with Gasteiger partial charge in [0, 0.05) is 5.02 Å². The number of aldehydes is 1. The molecule has 0 bridgehead atoms. The maximum Gasteiger partial charge on any atom is 0.153 e. The highest BCUT2D eigenvalue weighted by Gasteiger charge is 2.02. The number of hydrogen-bond acceptors (Lipinski definition) is 2. The summed E-state index contributed by atoms with van der Waals surface area (Å²) < 4.78 is 5.45. The second kappa shape index (κ2) is 6.25. The van der Waals surface area contributed by atoms with Crippen LogP contribution in [-0.4, -0.2) is 12.9 Å². The fraction of sp³-hybridized carbons (Fsp3) is 0.250. The van der Waals surface area contributed by atoms with Crippen LogP contribution in [-0.2, 0) is 0 Å². The van der Waals surface area contributed by atoms with Crippen LogP contribution in [0.15, 0.2) is 30.9 Å². The molecule has 0 radical (unpaired) electrons. The number of carbonyl (C=O) groups excluding carboxylic acids is 1. The summed E-state index contributed by atoms with van der Waals surface area (Å²) in [6, 6.07) is 5.01. The Morgan fingerprint density at radius 2 is 2.27 bits per heavy atom. The standard InChI is InChI=1S/C12H13ClO2/c1-2-3-4-7-15-12-6-5-11(13)8-10(12)9-14/h2,5-6,8-9H,1,3-4,7H2. The highest BCUT2D eigenvalue weighted by molar-refractivity contribution is 6.30. The molecule has 0 unspecified atom stereocenters. The molecule has 1 rings (SSSR count). The molecule has 0 aromatic heterocycles. The van der Waals surface area contributed by atoms with E-state index in [4.69, 9.17) is 16.3 Å². The molecule has 3 heteroatoms. The van der Waals surface area contributed by atoms with E-state index in [1.54, 1.807) is 18.2 Å². The van der Waals surface area contributed by atoms with E-state index in [-0.39, 0.29) is 0 Å². The summed E-state index contributed by atoms with van der Waals surface area (Å²) >= 11 is 5.75. The Balaban J connectivity index is 2.59. The van der Waals surface area contributed by atoms with Crippen molar-refractivity contribution in [3.8, 4) is 5.75 Å². The van der Waals surface area contributed by atoms with Crippen molar-refractivity contribution in [2.75, 3.05) is 6.61 Å². The summed E-state index contributed by atoms with van der Waals surface area (Å²) in [5, 5.41) is 0.538. The smallest absolute Gasteiger partial charge is 0.153 e. The van der Waals surface area contributed by atoms with E-state index in [0.29, 0.717) is 22.9 Å². The summed E-state index contributed by atoms with van der Waals surface area (Å²) in [4.78, 5) is 10.7. The lowest BCUT2D eigenvalue weighted by molar-refractivity contribution is 0.111. The second-order valence-electron chi connectivity index (χ2n) is 3.08. The van der Waals surface area contributed by atoms with Crippen molar-refractivity contribution >= 4 is 17.9 Å². The molecule has 0 fully saturated rings. The molecular formula is C12H13ClO2. The highest BCUT2D eigenvalue weighted by Crippen LogP contribution is 2.21. The molecule has 0 atom stereocenters. The summed E-state index contributed by atoms with van der Waals surface area (Å²) in [7, 11) is 0. The number of halogens is 1. The van der Waals surface area contributed by atoms with Crippen LogP contribution < -0.4 is 4.74 Å².